The maximum atomic E-state index is 11.2. The largest absolute Gasteiger partial charge is 0.340 e. The van der Waals surface area contributed by atoms with Gasteiger partial charge in [-0.05, 0) is 12.1 Å². The Labute approximate surface area is 65.3 Å². The minimum atomic E-state index is -3.25. The molecule has 0 spiro atoms. The first-order valence-corrected chi connectivity index (χ1v) is 5.09. The summed E-state index contributed by atoms with van der Waals surface area (Å²) in [6.07, 6.45) is -0.197. The van der Waals surface area contributed by atoms with Crippen LogP contribution in [0.5, 0.6) is 0 Å². The second-order valence-electron chi connectivity index (χ2n) is 2.22. The van der Waals surface area contributed by atoms with Gasteiger partial charge >= 0.3 is 0 Å². The highest BCUT2D eigenvalue weighted by Gasteiger charge is 2.17. The second kappa shape index (κ2) is 3.18. The van der Waals surface area contributed by atoms with Crippen LogP contribution in [0.4, 0.5) is 0 Å². The zero-order valence-corrected chi connectivity index (χ0v) is 6.87. The molecule has 0 saturated carbocycles. The average molecular weight is 171 g/mol. The second-order valence-corrected chi connectivity index (χ2v) is 4.50. The summed E-state index contributed by atoms with van der Waals surface area (Å²) in [7, 11) is -3.25. The molecule has 4 heteroatoms. The van der Waals surface area contributed by atoms with E-state index in [0.717, 1.165) is 0 Å². The molecule has 0 aliphatic rings. The molecule has 3 N–H and O–H groups in total. The highest BCUT2D eigenvalue weighted by molar-refractivity contribution is 7.65. The molecule has 0 aliphatic carbocycles. The third kappa shape index (κ3) is 1.90. The summed E-state index contributed by atoms with van der Waals surface area (Å²) in [6, 6.07) is 8.43. The molecule has 0 aromatic heterocycles. The van der Waals surface area contributed by atoms with Crippen LogP contribution in [-0.4, -0.2) is 11.2 Å². The van der Waals surface area contributed by atoms with Gasteiger partial charge in [0.25, 0.3) is 0 Å². The smallest absolute Gasteiger partial charge is 0.242 e. The van der Waals surface area contributed by atoms with E-state index in [1.165, 1.54) is 0 Å². The third-order valence-corrected chi connectivity index (χ3v) is 3.01. The average Bonchev–Trinajstić information content (AvgIpc) is 2.06. The van der Waals surface area contributed by atoms with Crippen LogP contribution < -0.4 is 11.0 Å². The van der Waals surface area contributed by atoms with Crippen LogP contribution in [0, 0.1) is 0 Å². The molecule has 0 aliphatic heterocycles. The summed E-state index contributed by atoms with van der Waals surface area (Å²) in [5, 5.41) is 0.419. The summed E-state index contributed by atoms with van der Waals surface area (Å²) in [6.45, 7) is 0. The summed E-state index contributed by atoms with van der Waals surface area (Å²) < 4.78 is 11.2. The molecule has 0 fully saturated rings. The van der Waals surface area contributed by atoms with E-state index in [1.807, 2.05) is 0 Å². The summed E-state index contributed by atoms with van der Waals surface area (Å²) >= 11 is 0. The van der Waals surface area contributed by atoms with Crippen molar-refractivity contribution in [3.05, 3.63) is 30.3 Å². The monoisotopic (exact) mass is 171 g/mol. The molecular weight excluding hydrogens is 161 g/mol. The van der Waals surface area contributed by atoms with Gasteiger partial charge in [0, 0.05) is 5.30 Å². The Morgan fingerprint density at radius 1 is 1.36 bits per heavy atom. The van der Waals surface area contributed by atoms with Gasteiger partial charge in [-0.15, -0.1) is 0 Å². The fourth-order valence-corrected chi connectivity index (χ4v) is 1.62. The first-order valence-electron chi connectivity index (χ1n) is 3.24. The molecule has 1 rings (SSSR count). The minimum absolute atomic E-state index is 0.197. The van der Waals surface area contributed by atoms with E-state index >= 15 is 0 Å². The van der Waals surface area contributed by atoms with Gasteiger partial charge in [-0.3, -0.25) is 4.57 Å². The lowest BCUT2D eigenvalue weighted by molar-refractivity contribution is 0.490. The topological polar surface area (TPSA) is 63.3 Å². The van der Waals surface area contributed by atoms with Crippen molar-refractivity contribution in [2.45, 2.75) is 0 Å². The SMILES string of the molecule is NCP(=O)(O)c1ccccc1. The van der Waals surface area contributed by atoms with Crippen molar-refractivity contribution in [2.75, 3.05) is 6.29 Å². The Hall–Kier alpha value is -0.630. The van der Waals surface area contributed by atoms with Crippen LogP contribution in [0.1, 0.15) is 0 Å². The molecule has 1 aromatic carbocycles. The van der Waals surface area contributed by atoms with E-state index in [9.17, 15) is 9.46 Å². The van der Waals surface area contributed by atoms with Crippen molar-refractivity contribution in [1.82, 2.24) is 0 Å². The first kappa shape index (κ1) is 8.47. The molecule has 3 nitrogen and oxygen atoms in total. The molecule has 1 aromatic rings. The minimum Gasteiger partial charge on any atom is -0.340 e. The Bertz CT molecular complexity index is 273. The maximum Gasteiger partial charge on any atom is 0.242 e. The molecule has 1 unspecified atom stereocenters. The Balaban J connectivity index is 3.03. The standard InChI is InChI=1S/C7H10NO2P/c8-6-11(9,10)7-4-2-1-3-5-7/h1-5H,6,8H2,(H,9,10). The van der Waals surface area contributed by atoms with Gasteiger partial charge in [0.05, 0.1) is 6.29 Å². The fraction of sp³-hybridized carbons (Fsp3) is 0.143. The van der Waals surface area contributed by atoms with Crippen LogP contribution >= 0.6 is 7.37 Å². The van der Waals surface area contributed by atoms with Gasteiger partial charge < -0.3 is 10.6 Å². The van der Waals surface area contributed by atoms with E-state index in [2.05, 4.69) is 0 Å². The van der Waals surface area contributed by atoms with Crippen molar-refractivity contribution in [2.24, 2.45) is 5.73 Å². The number of nitrogens with two attached hydrogens (primary N) is 1. The van der Waals surface area contributed by atoms with Gasteiger partial charge in [-0.25, -0.2) is 0 Å². The molecular formula is C7H10NO2P. The van der Waals surface area contributed by atoms with Crippen molar-refractivity contribution < 1.29 is 9.46 Å². The summed E-state index contributed by atoms with van der Waals surface area (Å²) in [5.74, 6) is 0. The summed E-state index contributed by atoms with van der Waals surface area (Å²) in [5.41, 5.74) is 5.13. The van der Waals surface area contributed by atoms with Crippen molar-refractivity contribution in [3.8, 4) is 0 Å². The van der Waals surface area contributed by atoms with Crippen LogP contribution in [-0.2, 0) is 4.57 Å². The Morgan fingerprint density at radius 2 is 1.91 bits per heavy atom. The molecule has 11 heavy (non-hydrogen) atoms. The number of benzene rings is 1. The van der Waals surface area contributed by atoms with Crippen LogP contribution in [0.2, 0.25) is 0 Å². The lowest BCUT2D eigenvalue weighted by atomic mass is 10.4. The molecule has 0 saturated heterocycles. The van der Waals surface area contributed by atoms with Crippen molar-refractivity contribution >= 4 is 12.7 Å². The first-order chi connectivity index (χ1) is 5.17. The van der Waals surface area contributed by atoms with Gasteiger partial charge in [-0.1, -0.05) is 18.2 Å². The summed E-state index contributed by atoms with van der Waals surface area (Å²) in [4.78, 5) is 9.23. The molecule has 0 bridgehead atoms. The quantitative estimate of drug-likeness (QED) is 0.637. The molecule has 60 valence electrons. The van der Waals surface area contributed by atoms with E-state index in [4.69, 9.17) is 5.73 Å². The van der Waals surface area contributed by atoms with Crippen LogP contribution in [0.15, 0.2) is 30.3 Å². The fourth-order valence-electron chi connectivity index (χ4n) is 0.766. The van der Waals surface area contributed by atoms with E-state index in [-0.39, 0.29) is 6.29 Å². The predicted molar refractivity (Wildman–Crippen MR) is 45.0 cm³/mol. The lowest BCUT2D eigenvalue weighted by Gasteiger charge is -2.07. The molecule has 0 radical (unpaired) electrons. The van der Waals surface area contributed by atoms with Crippen molar-refractivity contribution in [3.63, 3.8) is 0 Å². The van der Waals surface area contributed by atoms with E-state index in [0.29, 0.717) is 5.30 Å². The normalized spacial score (nSPS) is 15.8. The van der Waals surface area contributed by atoms with Crippen LogP contribution in [0.3, 0.4) is 0 Å². The Morgan fingerprint density at radius 3 is 2.36 bits per heavy atom. The maximum absolute atomic E-state index is 11.2. The number of hydrogen-bond acceptors (Lipinski definition) is 2. The molecule has 0 heterocycles. The van der Waals surface area contributed by atoms with Gasteiger partial charge in [-0.2, -0.15) is 0 Å². The zero-order valence-electron chi connectivity index (χ0n) is 5.97. The lowest BCUT2D eigenvalue weighted by Crippen LogP contribution is -2.11. The van der Waals surface area contributed by atoms with Gasteiger partial charge in [0.1, 0.15) is 0 Å². The van der Waals surface area contributed by atoms with E-state index in [1.54, 1.807) is 30.3 Å². The molecule has 0 amide bonds. The third-order valence-electron chi connectivity index (χ3n) is 1.41. The number of hydrogen-bond donors (Lipinski definition) is 2. The van der Waals surface area contributed by atoms with Gasteiger partial charge in [0.2, 0.25) is 7.37 Å². The molecule has 1 atom stereocenters. The number of rotatable bonds is 2. The zero-order chi connectivity index (χ0) is 8.32. The van der Waals surface area contributed by atoms with Crippen LogP contribution in [0.25, 0.3) is 0 Å². The highest BCUT2D eigenvalue weighted by atomic mass is 31.2. The Kier molecular flexibility index (Phi) is 2.45. The highest BCUT2D eigenvalue weighted by Crippen LogP contribution is 2.36. The van der Waals surface area contributed by atoms with E-state index < -0.39 is 7.37 Å². The predicted octanol–water partition coefficient (Wildman–Crippen LogP) is 0.499. The van der Waals surface area contributed by atoms with Crippen molar-refractivity contribution in [1.29, 1.82) is 0 Å². The van der Waals surface area contributed by atoms with Gasteiger partial charge in [0.15, 0.2) is 0 Å².